The number of oxazole rings is 1. The lowest BCUT2D eigenvalue weighted by molar-refractivity contribution is -0.192. The van der Waals surface area contributed by atoms with Crippen molar-refractivity contribution >= 4 is 40.3 Å². The lowest BCUT2D eigenvalue weighted by Gasteiger charge is -2.19. The molecule has 0 spiro atoms. The zero-order valence-electron chi connectivity index (χ0n) is 24.7. The first-order chi connectivity index (χ1) is 22.2. The second-order valence-corrected chi connectivity index (χ2v) is 10.0. The van der Waals surface area contributed by atoms with Gasteiger partial charge in [-0.1, -0.05) is 30.3 Å². The molecule has 0 aliphatic carbocycles. The summed E-state index contributed by atoms with van der Waals surface area (Å²) in [7, 11) is 0. The number of rotatable bonds is 12. The first-order valence-corrected chi connectivity index (χ1v) is 14.0. The zero-order chi connectivity index (χ0) is 34.6. The van der Waals surface area contributed by atoms with E-state index in [1.54, 1.807) is 18.3 Å². The van der Waals surface area contributed by atoms with E-state index in [4.69, 9.17) is 31.5 Å². The maximum Gasteiger partial charge on any atom is 0.490 e. The molecule has 9 N–H and O–H groups in total. The van der Waals surface area contributed by atoms with Crippen molar-refractivity contribution in [2.24, 2.45) is 22.2 Å². The van der Waals surface area contributed by atoms with Gasteiger partial charge in [-0.25, -0.2) is 14.2 Å². The number of aryl methyl sites for hydroxylation is 1. The van der Waals surface area contributed by atoms with Crippen LogP contribution in [0.4, 0.5) is 23.2 Å². The van der Waals surface area contributed by atoms with Gasteiger partial charge in [-0.15, -0.1) is 0 Å². The van der Waals surface area contributed by atoms with Crippen LogP contribution in [0, 0.1) is 5.82 Å². The fourth-order valence-corrected chi connectivity index (χ4v) is 4.04. The first kappa shape index (κ1) is 35.9. The highest BCUT2D eigenvalue weighted by Crippen LogP contribution is 2.22. The van der Waals surface area contributed by atoms with Crippen molar-refractivity contribution in [2.75, 3.05) is 11.9 Å². The van der Waals surface area contributed by atoms with Gasteiger partial charge in [-0.2, -0.15) is 13.2 Å². The average molecular weight is 661 g/mol. The van der Waals surface area contributed by atoms with E-state index in [1.807, 2.05) is 30.3 Å². The number of nitrogens with one attached hydrogen (secondary N) is 2. The summed E-state index contributed by atoms with van der Waals surface area (Å²) in [6.45, 7) is 0.349. The number of carboxylic acids is 1. The van der Waals surface area contributed by atoms with Crippen LogP contribution >= 0.6 is 0 Å². The molecule has 0 aliphatic heterocycles. The van der Waals surface area contributed by atoms with Crippen LogP contribution in [-0.4, -0.2) is 57.6 Å². The fourth-order valence-electron chi connectivity index (χ4n) is 4.04. The molecule has 13 nitrogen and oxygen atoms in total. The van der Waals surface area contributed by atoms with E-state index in [0.717, 1.165) is 16.5 Å². The van der Waals surface area contributed by atoms with E-state index in [1.165, 1.54) is 18.4 Å². The highest BCUT2D eigenvalue weighted by molar-refractivity contribution is 6.03. The van der Waals surface area contributed by atoms with Gasteiger partial charge in [0.2, 0.25) is 11.8 Å². The van der Waals surface area contributed by atoms with Gasteiger partial charge >= 0.3 is 12.1 Å². The number of guanidine groups is 1. The molecule has 0 radical (unpaired) electrons. The third kappa shape index (κ3) is 11.7. The van der Waals surface area contributed by atoms with Gasteiger partial charge in [0.15, 0.2) is 11.7 Å². The highest BCUT2D eigenvalue weighted by Gasteiger charge is 2.38. The molecule has 2 aromatic carbocycles. The number of aliphatic carboxylic acids is 1. The Morgan fingerprint density at radius 3 is 2.38 bits per heavy atom. The SMILES string of the molecule is NC(N)=NCCC[C@@H](N)C(=O)N[C@H](CCc1ccc(F)cc1)c1nc(C(=O)Nc2cnc3ccccc3c2)co1.O=C(O)C(F)(F)F. The summed E-state index contributed by atoms with van der Waals surface area (Å²) in [5, 5.41) is 13.6. The van der Waals surface area contributed by atoms with Gasteiger partial charge in [0.05, 0.1) is 23.4 Å². The Morgan fingerprint density at radius 2 is 1.72 bits per heavy atom. The molecule has 17 heteroatoms. The Balaban J connectivity index is 0.000000771. The number of carbonyl (C=O) groups is 3. The zero-order valence-corrected chi connectivity index (χ0v) is 24.7. The predicted octanol–water partition coefficient (Wildman–Crippen LogP) is 3.42. The highest BCUT2D eigenvalue weighted by atomic mass is 19.4. The molecule has 0 unspecified atom stereocenters. The van der Waals surface area contributed by atoms with E-state index in [2.05, 4.69) is 25.6 Å². The normalized spacial score (nSPS) is 12.3. The molecule has 0 aliphatic rings. The Kier molecular flexibility index (Phi) is 12.7. The molecule has 4 rings (SSSR count). The number of carbonyl (C=O) groups excluding carboxylic acids is 2. The third-order valence-electron chi connectivity index (χ3n) is 6.40. The van der Waals surface area contributed by atoms with Crippen LogP contribution < -0.4 is 27.8 Å². The number of amides is 2. The number of anilines is 1. The number of aromatic nitrogens is 2. The molecule has 2 heterocycles. The molecule has 0 saturated heterocycles. The molecule has 2 amide bonds. The Hall–Kier alpha value is -5.58. The monoisotopic (exact) mass is 660 g/mol. The lowest BCUT2D eigenvalue weighted by Crippen LogP contribution is -2.42. The number of fused-ring (bicyclic) bond motifs is 1. The standard InChI is InChI=1S/C28H31FN8O3.C2HF3O2/c29-19-10-7-17(8-11-19)9-12-23(36-25(38)21(30)5-3-13-33-28(31)32)27-37-24(16-40-27)26(39)35-20-14-18-4-1-2-6-22(18)34-15-20;3-2(4,5)1(6)7/h1-2,4,6-8,10-11,14-16,21,23H,3,5,9,12-13,30H2,(H,35,39)(H,36,38)(H4,31,32,33);(H,6,7)/t21-,23-;/m1./s1. The molecule has 4 aromatic rings. The van der Waals surface area contributed by atoms with E-state index < -0.39 is 36.0 Å². The number of benzene rings is 2. The quantitative estimate of drug-likeness (QED) is 0.0562. The van der Waals surface area contributed by atoms with Gasteiger partial charge in [0.1, 0.15) is 18.1 Å². The van der Waals surface area contributed by atoms with Crippen LogP contribution in [-0.2, 0) is 16.0 Å². The van der Waals surface area contributed by atoms with Crippen LogP contribution in [0.3, 0.4) is 0 Å². The Bertz CT molecular complexity index is 1690. The molecular weight excluding hydrogens is 628 g/mol. The molecule has 0 fully saturated rings. The van der Waals surface area contributed by atoms with Crippen LogP contribution in [0.25, 0.3) is 10.9 Å². The van der Waals surface area contributed by atoms with Crippen molar-refractivity contribution in [2.45, 2.75) is 43.9 Å². The Labute approximate surface area is 265 Å². The van der Waals surface area contributed by atoms with Crippen molar-refractivity contribution in [1.82, 2.24) is 15.3 Å². The molecular formula is C30H32F4N8O5. The second kappa shape index (κ2) is 16.6. The van der Waals surface area contributed by atoms with E-state index in [9.17, 15) is 27.2 Å². The number of carboxylic acid groups (broad SMARTS) is 1. The molecule has 2 aromatic heterocycles. The van der Waals surface area contributed by atoms with Crippen LogP contribution in [0.15, 0.2) is 76.5 Å². The van der Waals surface area contributed by atoms with Gasteiger partial charge in [-0.3, -0.25) is 19.6 Å². The fraction of sp³-hybridized carbons (Fsp3) is 0.267. The average Bonchev–Trinajstić information content (AvgIpc) is 3.52. The first-order valence-electron chi connectivity index (χ1n) is 14.0. The number of nitrogens with two attached hydrogens (primary N) is 3. The van der Waals surface area contributed by atoms with Crippen LogP contribution in [0.2, 0.25) is 0 Å². The van der Waals surface area contributed by atoms with Crippen molar-refractivity contribution in [3.05, 3.63) is 90.0 Å². The minimum Gasteiger partial charge on any atom is -0.475 e. The van der Waals surface area contributed by atoms with Crippen LogP contribution in [0.5, 0.6) is 0 Å². The largest absolute Gasteiger partial charge is 0.490 e. The molecule has 0 bridgehead atoms. The van der Waals surface area contributed by atoms with Crippen LogP contribution in [0.1, 0.15) is 47.2 Å². The van der Waals surface area contributed by atoms with Gasteiger partial charge in [0.25, 0.3) is 5.91 Å². The summed E-state index contributed by atoms with van der Waals surface area (Å²) in [6, 6.07) is 13.9. The Morgan fingerprint density at radius 1 is 1.04 bits per heavy atom. The number of para-hydroxylation sites is 1. The van der Waals surface area contributed by atoms with E-state index >= 15 is 0 Å². The maximum atomic E-state index is 13.3. The van der Waals surface area contributed by atoms with Crippen molar-refractivity contribution in [1.29, 1.82) is 0 Å². The molecule has 47 heavy (non-hydrogen) atoms. The molecule has 250 valence electrons. The smallest absolute Gasteiger partial charge is 0.475 e. The maximum absolute atomic E-state index is 13.3. The summed E-state index contributed by atoms with van der Waals surface area (Å²) in [5.74, 6) is -3.89. The van der Waals surface area contributed by atoms with Gasteiger partial charge in [-0.05, 0) is 55.5 Å². The predicted molar refractivity (Wildman–Crippen MR) is 163 cm³/mol. The summed E-state index contributed by atoms with van der Waals surface area (Å²) in [6.07, 6.45) is -0.579. The number of aliphatic imine (C=N–C) groups is 1. The molecule has 2 atom stereocenters. The van der Waals surface area contributed by atoms with E-state index in [-0.39, 0.29) is 23.4 Å². The number of alkyl halides is 3. The lowest BCUT2D eigenvalue weighted by atomic mass is 10.0. The number of hydrogen-bond donors (Lipinski definition) is 6. The summed E-state index contributed by atoms with van der Waals surface area (Å²) in [5.41, 5.74) is 18.9. The number of pyridine rings is 1. The van der Waals surface area contributed by atoms with Gasteiger partial charge in [0, 0.05) is 11.9 Å². The second-order valence-electron chi connectivity index (χ2n) is 10.0. The number of nitrogens with zero attached hydrogens (tertiary/aromatic N) is 3. The van der Waals surface area contributed by atoms with Crippen molar-refractivity contribution < 1.29 is 41.5 Å². The van der Waals surface area contributed by atoms with Gasteiger partial charge < -0.3 is 37.4 Å². The van der Waals surface area contributed by atoms with E-state index in [0.29, 0.717) is 37.9 Å². The van der Waals surface area contributed by atoms with Crippen molar-refractivity contribution in [3.8, 4) is 0 Å². The third-order valence-corrected chi connectivity index (χ3v) is 6.40. The van der Waals surface area contributed by atoms with Crippen molar-refractivity contribution in [3.63, 3.8) is 0 Å². The number of halogens is 4. The summed E-state index contributed by atoms with van der Waals surface area (Å²) in [4.78, 5) is 47.2. The minimum atomic E-state index is -5.08. The molecule has 0 saturated carbocycles. The number of hydrogen-bond acceptors (Lipinski definition) is 8. The summed E-state index contributed by atoms with van der Waals surface area (Å²) < 4.78 is 50.7. The topological polar surface area (TPSA) is 225 Å². The summed E-state index contributed by atoms with van der Waals surface area (Å²) >= 11 is 0. The minimum absolute atomic E-state index is 0.0282.